The third-order valence-corrected chi connectivity index (χ3v) is 4.81. The van der Waals surface area contributed by atoms with Crippen molar-refractivity contribution in [3.05, 3.63) is 56.5 Å². The summed E-state index contributed by atoms with van der Waals surface area (Å²) in [5, 5.41) is 2.99. The molecule has 4 nitrogen and oxygen atoms in total. The first-order valence-electron chi connectivity index (χ1n) is 6.94. The molecule has 0 fully saturated rings. The molecule has 2 rings (SSSR count). The van der Waals surface area contributed by atoms with Crippen LogP contribution in [-0.2, 0) is 0 Å². The monoisotopic (exact) mass is 441 g/mol. The number of nitrogens with one attached hydrogen (secondary N) is 1. The van der Waals surface area contributed by atoms with Crippen LogP contribution in [0.25, 0.3) is 0 Å². The van der Waals surface area contributed by atoms with Gasteiger partial charge in [-0.1, -0.05) is 28.1 Å². The minimum Gasteiger partial charge on any atom is -0.493 e. The molecule has 0 saturated carbocycles. The molecular weight excluding hydrogens is 426 g/mol. The van der Waals surface area contributed by atoms with Crippen LogP contribution in [0.5, 0.6) is 11.5 Å². The summed E-state index contributed by atoms with van der Waals surface area (Å²) in [5.74, 6) is 1.10. The van der Waals surface area contributed by atoms with E-state index >= 15 is 0 Å². The smallest absolute Gasteiger partial charge is 0.252 e. The first kappa shape index (κ1) is 17.8. The van der Waals surface area contributed by atoms with Gasteiger partial charge in [-0.2, -0.15) is 0 Å². The van der Waals surface area contributed by atoms with E-state index in [9.17, 15) is 4.79 Å². The predicted molar refractivity (Wildman–Crippen MR) is 97.3 cm³/mol. The first-order valence-corrected chi connectivity index (χ1v) is 8.53. The third kappa shape index (κ3) is 4.06. The molecule has 1 N–H and O–H groups in total. The van der Waals surface area contributed by atoms with Crippen LogP contribution in [0.4, 0.5) is 0 Å². The van der Waals surface area contributed by atoms with Gasteiger partial charge in [0.05, 0.1) is 25.8 Å². The highest BCUT2D eigenvalue weighted by atomic mass is 79.9. The Morgan fingerprint density at radius 3 is 2.26 bits per heavy atom. The third-order valence-electron chi connectivity index (χ3n) is 3.44. The van der Waals surface area contributed by atoms with Crippen LogP contribution in [0.2, 0.25) is 0 Å². The summed E-state index contributed by atoms with van der Waals surface area (Å²) in [5.41, 5.74) is 1.50. The van der Waals surface area contributed by atoms with Crippen molar-refractivity contribution in [1.29, 1.82) is 0 Å². The standard InChI is InChI=1S/C17H17Br2NO3/c1-10(20-17(21)11-6-4-5-7-13(11)18)12-8-15(22-2)16(23-3)9-14(12)19/h4-10H,1-3H3,(H,20,21)/t10-/m1/s1. The molecular formula is C17H17Br2NO3. The molecule has 0 radical (unpaired) electrons. The Morgan fingerprint density at radius 2 is 1.65 bits per heavy atom. The minimum absolute atomic E-state index is 0.147. The minimum atomic E-state index is -0.205. The second kappa shape index (κ2) is 7.84. The van der Waals surface area contributed by atoms with Crippen molar-refractivity contribution in [3.63, 3.8) is 0 Å². The lowest BCUT2D eigenvalue weighted by molar-refractivity contribution is 0.0939. The first-order chi connectivity index (χ1) is 11.0. The van der Waals surface area contributed by atoms with Crippen LogP contribution >= 0.6 is 31.9 Å². The molecule has 0 aliphatic heterocycles. The van der Waals surface area contributed by atoms with E-state index in [4.69, 9.17) is 9.47 Å². The summed E-state index contributed by atoms with van der Waals surface area (Å²) >= 11 is 6.91. The zero-order valence-corrected chi connectivity index (χ0v) is 16.2. The van der Waals surface area contributed by atoms with Gasteiger partial charge in [-0.15, -0.1) is 0 Å². The Balaban J connectivity index is 2.25. The summed E-state index contributed by atoms with van der Waals surface area (Å²) in [6.07, 6.45) is 0. The van der Waals surface area contributed by atoms with Crippen LogP contribution < -0.4 is 14.8 Å². The lowest BCUT2D eigenvalue weighted by Crippen LogP contribution is -2.27. The van der Waals surface area contributed by atoms with Gasteiger partial charge in [0.1, 0.15) is 0 Å². The average molecular weight is 443 g/mol. The molecule has 0 unspecified atom stereocenters. The topological polar surface area (TPSA) is 47.6 Å². The quantitative estimate of drug-likeness (QED) is 0.728. The van der Waals surface area contributed by atoms with E-state index in [1.165, 1.54) is 0 Å². The summed E-state index contributed by atoms with van der Waals surface area (Å²) in [6, 6.07) is 10.8. The zero-order chi connectivity index (χ0) is 17.0. The number of benzene rings is 2. The molecule has 0 heterocycles. The van der Waals surface area contributed by atoms with E-state index in [-0.39, 0.29) is 11.9 Å². The Bertz CT molecular complexity index is 719. The zero-order valence-electron chi connectivity index (χ0n) is 13.0. The SMILES string of the molecule is COc1cc(Br)c([C@@H](C)NC(=O)c2ccccc2Br)cc1OC. The van der Waals surface area contributed by atoms with Crippen molar-refractivity contribution in [3.8, 4) is 11.5 Å². The lowest BCUT2D eigenvalue weighted by Gasteiger charge is -2.18. The predicted octanol–water partition coefficient (Wildman–Crippen LogP) is 4.72. The molecule has 0 bridgehead atoms. The number of amides is 1. The van der Waals surface area contributed by atoms with Crippen molar-refractivity contribution in [2.24, 2.45) is 0 Å². The van der Waals surface area contributed by atoms with E-state index < -0.39 is 0 Å². The number of hydrogen-bond donors (Lipinski definition) is 1. The molecule has 0 aliphatic carbocycles. The average Bonchev–Trinajstić information content (AvgIpc) is 2.54. The normalized spacial score (nSPS) is 11.7. The fourth-order valence-electron chi connectivity index (χ4n) is 2.20. The fourth-order valence-corrected chi connectivity index (χ4v) is 3.33. The van der Waals surface area contributed by atoms with Gasteiger partial charge in [-0.3, -0.25) is 4.79 Å². The van der Waals surface area contributed by atoms with Gasteiger partial charge in [0.2, 0.25) is 0 Å². The van der Waals surface area contributed by atoms with Crippen molar-refractivity contribution in [2.45, 2.75) is 13.0 Å². The number of carbonyl (C=O) groups is 1. The van der Waals surface area contributed by atoms with E-state index in [1.54, 1.807) is 20.3 Å². The molecule has 0 aliphatic rings. The summed E-state index contributed by atoms with van der Waals surface area (Å²) in [7, 11) is 3.17. The van der Waals surface area contributed by atoms with Crippen LogP contribution in [0.3, 0.4) is 0 Å². The van der Waals surface area contributed by atoms with E-state index in [0.717, 1.165) is 14.5 Å². The van der Waals surface area contributed by atoms with Gasteiger partial charge >= 0.3 is 0 Å². The molecule has 0 saturated heterocycles. The highest BCUT2D eigenvalue weighted by Crippen LogP contribution is 2.36. The highest BCUT2D eigenvalue weighted by molar-refractivity contribution is 9.10. The number of halogens is 2. The molecule has 2 aromatic rings. The van der Waals surface area contributed by atoms with Crippen LogP contribution in [0, 0.1) is 0 Å². The largest absolute Gasteiger partial charge is 0.493 e. The summed E-state index contributed by atoms with van der Waals surface area (Å²) in [4.78, 5) is 12.4. The van der Waals surface area contributed by atoms with Crippen molar-refractivity contribution < 1.29 is 14.3 Å². The van der Waals surface area contributed by atoms with E-state index in [2.05, 4.69) is 37.2 Å². The number of rotatable bonds is 5. The van der Waals surface area contributed by atoms with Gasteiger partial charge < -0.3 is 14.8 Å². The summed E-state index contributed by atoms with van der Waals surface area (Å²) < 4.78 is 12.2. The molecule has 1 atom stereocenters. The Morgan fingerprint density at radius 1 is 1.04 bits per heavy atom. The van der Waals surface area contributed by atoms with Crippen molar-refractivity contribution in [2.75, 3.05) is 14.2 Å². The van der Waals surface area contributed by atoms with Crippen molar-refractivity contribution in [1.82, 2.24) is 5.32 Å². The second-order valence-electron chi connectivity index (χ2n) is 4.90. The molecule has 23 heavy (non-hydrogen) atoms. The maximum absolute atomic E-state index is 12.4. The van der Waals surface area contributed by atoms with E-state index in [0.29, 0.717) is 17.1 Å². The van der Waals surface area contributed by atoms with E-state index in [1.807, 2.05) is 37.3 Å². The Hall–Kier alpha value is -1.53. The molecule has 0 aromatic heterocycles. The maximum atomic E-state index is 12.4. The fraction of sp³-hybridized carbons (Fsp3) is 0.235. The van der Waals surface area contributed by atoms with Gasteiger partial charge in [-0.05, 0) is 52.7 Å². The van der Waals surface area contributed by atoms with Crippen LogP contribution in [-0.4, -0.2) is 20.1 Å². The van der Waals surface area contributed by atoms with Crippen LogP contribution in [0.1, 0.15) is 28.9 Å². The second-order valence-corrected chi connectivity index (χ2v) is 6.61. The van der Waals surface area contributed by atoms with Gasteiger partial charge in [0, 0.05) is 8.95 Å². The molecule has 1 amide bonds. The molecule has 6 heteroatoms. The Labute approximate surface area is 152 Å². The summed E-state index contributed by atoms with van der Waals surface area (Å²) in [6.45, 7) is 1.92. The molecule has 2 aromatic carbocycles. The molecule has 122 valence electrons. The number of hydrogen-bond acceptors (Lipinski definition) is 3. The van der Waals surface area contributed by atoms with Gasteiger partial charge in [-0.25, -0.2) is 0 Å². The van der Waals surface area contributed by atoms with Gasteiger partial charge in [0.25, 0.3) is 5.91 Å². The number of ether oxygens (including phenoxy) is 2. The number of carbonyl (C=O) groups excluding carboxylic acids is 1. The highest BCUT2D eigenvalue weighted by Gasteiger charge is 2.18. The lowest BCUT2D eigenvalue weighted by atomic mass is 10.1. The van der Waals surface area contributed by atoms with Crippen LogP contribution in [0.15, 0.2) is 45.3 Å². The number of methoxy groups -OCH3 is 2. The Kier molecular flexibility index (Phi) is 6.07. The van der Waals surface area contributed by atoms with Crippen molar-refractivity contribution >= 4 is 37.8 Å². The van der Waals surface area contributed by atoms with Gasteiger partial charge in [0.15, 0.2) is 11.5 Å². The maximum Gasteiger partial charge on any atom is 0.252 e. The molecule has 0 spiro atoms.